The van der Waals surface area contributed by atoms with Crippen LogP contribution in [0.2, 0.25) is 0 Å². The van der Waals surface area contributed by atoms with Gasteiger partial charge in [0, 0.05) is 6.21 Å². The van der Waals surface area contributed by atoms with Crippen LogP contribution in [-0.2, 0) is 0 Å². The molecule has 8 heavy (non-hydrogen) atoms. The third-order valence-electron chi connectivity index (χ3n) is 0.570. The summed E-state index contributed by atoms with van der Waals surface area (Å²) < 4.78 is 0. The van der Waals surface area contributed by atoms with Gasteiger partial charge in [-0.3, -0.25) is 4.99 Å². The molecule has 0 aliphatic rings. The molecular weight excluding hydrogens is 118 g/mol. The zero-order chi connectivity index (χ0) is 6.41. The van der Waals surface area contributed by atoms with Gasteiger partial charge in [-0.25, -0.2) is 0 Å². The van der Waals surface area contributed by atoms with Crippen molar-refractivity contribution in [3.8, 4) is 0 Å². The van der Waals surface area contributed by atoms with Crippen LogP contribution in [0.25, 0.3) is 0 Å². The number of nitrogens with zero attached hydrogens (tertiary/aromatic N) is 1. The molecule has 0 saturated carbocycles. The highest BCUT2D eigenvalue weighted by Gasteiger charge is 1.72. The van der Waals surface area contributed by atoms with Crippen LogP contribution in [0.3, 0.4) is 0 Å². The molecule has 0 atom stereocenters. The first-order valence-corrected chi connectivity index (χ1v) is 2.76. The number of rotatable bonds is 2. The van der Waals surface area contributed by atoms with E-state index in [1.165, 1.54) is 0 Å². The maximum absolute atomic E-state index is 3.98. The molecule has 2 heteroatoms. The Morgan fingerprint density at radius 3 is 2.75 bits per heavy atom. The first-order chi connectivity index (χ1) is 3.81. The largest absolute Gasteiger partial charge is 0.251 e. The molecule has 0 radical (unpaired) electrons. The van der Waals surface area contributed by atoms with E-state index < -0.39 is 0 Å². The standard InChI is InChI=1S/C6H9NS/c1-3-5-7-6(8)4-2/h3-5,8H,1H2,2H3/b6-4+,7-5?. The van der Waals surface area contributed by atoms with Crippen molar-refractivity contribution in [2.75, 3.05) is 0 Å². The average molecular weight is 127 g/mol. The topological polar surface area (TPSA) is 12.4 Å². The van der Waals surface area contributed by atoms with Crippen LogP contribution in [-0.4, -0.2) is 6.21 Å². The normalized spacial score (nSPS) is 12.5. The van der Waals surface area contributed by atoms with Crippen molar-refractivity contribution < 1.29 is 0 Å². The van der Waals surface area contributed by atoms with E-state index in [2.05, 4.69) is 24.2 Å². The number of allylic oxidation sites excluding steroid dienone is 2. The van der Waals surface area contributed by atoms with Gasteiger partial charge in [0.25, 0.3) is 0 Å². The summed E-state index contributed by atoms with van der Waals surface area (Å²) in [6.45, 7) is 5.33. The Morgan fingerprint density at radius 2 is 2.38 bits per heavy atom. The minimum atomic E-state index is 0.713. The van der Waals surface area contributed by atoms with E-state index in [9.17, 15) is 0 Å². The van der Waals surface area contributed by atoms with Gasteiger partial charge < -0.3 is 0 Å². The number of hydrogen-bond acceptors (Lipinski definition) is 2. The lowest BCUT2D eigenvalue weighted by atomic mass is 10.7. The van der Waals surface area contributed by atoms with Crippen LogP contribution in [0.4, 0.5) is 0 Å². The monoisotopic (exact) mass is 127 g/mol. The first-order valence-electron chi connectivity index (χ1n) is 2.31. The third-order valence-corrected chi connectivity index (χ3v) is 0.944. The molecule has 0 bridgehead atoms. The molecule has 1 nitrogen and oxygen atoms in total. The Labute approximate surface area is 55.2 Å². The molecule has 0 spiro atoms. The van der Waals surface area contributed by atoms with Gasteiger partial charge in [0.2, 0.25) is 0 Å². The van der Waals surface area contributed by atoms with Crippen molar-refractivity contribution in [1.82, 2.24) is 0 Å². The van der Waals surface area contributed by atoms with Crippen molar-refractivity contribution in [3.05, 3.63) is 23.8 Å². The fourth-order valence-electron chi connectivity index (χ4n) is 0.204. The van der Waals surface area contributed by atoms with Gasteiger partial charge in [0.1, 0.15) is 0 Å². The number of hydrogen-bond donors (Lipinski definition) is 1. The van der Waals surface area contributed by atoms with Crippen molar-refractivity contribution >= 4 is 18.8 Å². The summed E-state index contributed by atoms with van der Waals surface area (Å²) in [4.78, 5) is 3.84. The van der Waals surface area contributed by atoms with Crippen molar-refractivity contribution in [3.63, 3.8) is 0 Å². The summed E-state index contributed by atoms with van der Waals surface area (Å²) in [6, 6.07) is 0. The van der Waals surface area contributed by atoms with Crippen LogP contribution in [0.15, 0.2) is 28.8 Å². The van der Waals surface area contributed by atoms with Gasteiger partial charge in [-0.1, -0.05) is 18.7 Å². The first kappa shape index (κ1) is 7.50. The van der Waals surface area contributed by atoms with Gasteiger partial charge in [-0.15, -0.1) is 12.6 Å². The van der Waals surface area contributed by atoms with Gasteiger partial charge in [0.05, 0.1) is 5.03 Å². The summed E-state index contributed by atoms with van der Waals surface area (Å²) in [7, 11) is 0. The maximum atomic E-state index is 3.98. The summed E-state index contributed by atoms with van der Waals surface area (Å²) >= 11 is 3.98. The van der Waals surface area contributed by atoms with Gasteiger partial charge in [-0.05, 0) is 6.92 Å². The summed E-state index contributed by atoms with van der Waals surface area (Å²) in [5.74, 6) is 0. The fraction of sp³-hybridized carbons (Fsp3) is 0.167. The molecular formula is C6H9NS. The van der Waals surface area contributed by atoms with Crippen molar-refractivity contribution in [1.29, 1.82) is 0 Å². The molecule has 0 fully saturated rings. The van der Waals surface area contributed by atoms with E-state index in [4.69, 9.17) is 0 Å². The van der Waals surface area contributed by atoms with Crippen molar-refractivity contribution in [2.45, 2.75) is 6.92 Å². The smallest absolute Gasteiger partial charge is 0.0886 e. The minimum Gasteiger partial charge on any atom is -0.251 e. The average Bonchev–Trinajstić information content (AvgIpc) is 1.83. The summed E-state index contributed by atoms with van der Waals surface area (Å²) in [5, 5.41) is 0.713. The molecule has 0 unspecified atom stereocenters. The predicted molar refractivity (Wildman–Crippen MR) is 41.4 cm³/mol. The lowest BCUT2D eigenvalue weighted by molar-refractivity contribution is 1.51. The lowest BCUT2D eigenvalue weighted by Gasteiger charge is -1.81. The Morgan fingerprint density at radius 1 is 1.75 bits per heavy atom. The van der Waals surface area contributed by atoms with E-state index in [-0.39, 0.29) is 0 Å². The Balaban J connectivity index is 3.69. The molecule has 0 aromatic heterocycles. The molecule has 0 aliphatic carbocycles. The Kier molecular flexibility index (Phi) is 4.36. The molecule has 44 valence electrons. The van der Waals surface area contributed by atoms with Crippen LogP contribution in [0.1, 0.15) is 6.92 Å². The zero-order valence-corrected chi connectivity index (χ0v) is 5.73. The quantitative estimate of drug-likeness (QED) is 0.430. The number of aliphatic imine (C=N–C) groups is 1. The maximum Gasteiger partial charge on any atom is 0.0886 e. The summed E-state index contributed by atoms with van der Waals surface area (Å²) in [6.07, 6.45) is 5.02. The molecule has 0 aromatic carbocycles. The Bertz CT molecular complexity index is 124. The van der Waals surface area contributed by atoms with Crippen LogP contribution in [0, 0.1) is 0 Å². The summed E-state index contributed by atoms with van der Waals surface area (Å²) in [5.41, 5.74) is 0. The molecule has 0 N–H and O–H groups in total. The van der Waals surface area contributed by atoms with E-state index in [1.54, 1.807) is 12.3 Å². The van der Waals surface area contributed by atoms with E-state index in [1.807, 2.05) is 13.0 Å². The third kappa shape index (κ3) is 3.68. The van der Waals surface area contributed by atoms with Crippen LogP contribution >= 0.6 is 12.6 Å². The predicted octanol–water partition coefficient (Wildman–Crippen LogP) is 2.03. The highest BCUT2D eigenvalue weighted by Crippen LogP contribution is 1.98. The van der Waals surface area contributed by atoms with E-state index in [0.29, 0.717) is 5.03 Å². The molecule has 0 amide bonds. The molecule has 0 saturated heterocycles. The highest BCUT2D eigenvalue weighted by atomic mass is 32.1. The van der Waals surface area contributed by atoms with Gasteiger partial charge in [-0.2, -0.15) is 0 Å². The van der Waals surface area contributed by atoms with Crippen LogP contribution in [0.5, 0.6) is 0 Å². The SMILES string of the molecule is C=CC=N/C(S)=C\C. The zero-order valence-electron chi connectivity index (χ0n) is 4.83. The molecule has 0 aliphatic heterocycles. The second kappa shape index (κ2) is 4.65. The second-order valence-electron chi connectivity index (χ2n) is 1.16. The fourth-order valence-corrected chi connectivity index (χ4v) is 0.270. The molecule has 0 heterocycles. The Hall–Kier alpha value is -0.500. The number of thiol groups is 1. The van der Waals surface area contributed by atoms with Gasteiger partial charge >= 0.3 is 0 Å². The molecule has 0 rings (SSSR count). The minimum absolute atomic E-state index is 0.713. The van der Waals surface area contributed by atoms with Crippen molar-refractivity contribution in [2.24, 2.45) is 4.99 Å². The lowest BCUT2D eigenvalue weighted by Crippen LogP contribution is -1.62. The van der Waals surface area contributed by atoms with E-state index in [0.717, 1.165) is 0 Å². The molecule has 0 aromatic rings. The van der Waals surface area contributed by atoms with Gasteiger partial charge in [0.15, 0.2) is 0 Å². The van der Waals surface area contributed by atoms with Crippen LogP contribution < -0.4 is 0 Å². The van der Waals surface area contributed by atoms with E-state index >= 15 is 0 Å². The highest BCUT2D eigenvalue weighted by molar-refractivity contribution is 7.84. The second-order valence-corrected chi connectivity index (χ2v) is 1.62.